The lowest BCUT2D eigenvalue weighted by molar-refractivity contribution is 0.381. The van der Waals surface area contributed by atoms with Crippen LogP contribution in [0.15, 0.2) is 30.3 Å². The fraction of sp³-hybridized carbons (Fsp3) is 0.143. The van der Waals surface area contributed by atoms with Gasteiger partial charge in [0.25, 0.3) is 0 Å². The number of hydrogen-bond acceptors (Lipinski definition) is 1. The van der Waals surface area contributed by atoms with E-state index in [-0.39, 0.29) is 26.0 Å². The van der Waals surface area contributed by atoms with Gasteiger partial charge in [0.15, 0.2) is 17.5 Å². The van der Waals surface area contributed by atoms with Crippen LogP contribution < -0.4 is 18.0 Å². The molecule has 0 atom stereocenters. The zero-order chi connectivity index (χ0) is 22.3. The standard InChI is InChI=1S/C7H4F3O.2C7H5F2.Al/c1-11-7-3-5(9)4(8)2-6(7)10;2*1-5-2-3-6(8)4-7(5)9;/h2H,1H3;2*2,4H,1H3;. The van der Waals surface area contributed by atoms with E-state index in [1.54, 1.807) is 0 Å². The average Bonchev–Trinajstić information content (AvgIpc) is 2.67. The fourth-order valence-electron chi connectivity index (χ4n) is 3.34. The molecule has 0 aromatic heterocycles. The van der Waals surface area contributed by atoms with Crippen molar-refractivity contribution in [2.24, 2.45) is 0 Å². The van der Waals surface area contributed by atoms with Crippen LogP contribution in [-0.2, 0) is 0 Å². The van der Waals surface area contributed by atoms with Crippen molar-refractivity contribution in [2.75, 3.05) is 7.11 Å². The summed E-state index contributed by atoms with van der Waals surface area (Å²) in [5.41, 5.74) is -0.0845. The smallest absolute Gasteiger partial charge is 0.404 e. The van der Waals surface area contributed by atoms with Crippen LogP contribution in [0.5, 0.6) is 5.75 Å². The van der Waals surface area contributed by atoms with Crippen molar-refractivity contribution in [2.45, 2.75) is 13.8 Å². The number of halogens is 7. The second kappa shape index (κ2) is 8.32. The summed E-state index contributed by atoms with van der Waals surface area (Å²) in [7, 11) is 0.989. The SMILES string of the molecule is COc1c(F)cc(F)c(F)[c]1[Al]([c]1cc(C)c(F)cc1F)[c]1cc(C)c(F)cc1F. The molecule has 0 saturated heterocycles. The van der Waals surface area contributed by atoms with E-state index in [4.69, 9.17) is 4.74 Å². The fourth-order valence-corrected chi connectivity index (χ4v) is 6.76. The summed E-state index contributed by atoms with van der Waals surface area (Å²) in [5.74, 6) is -9.25. The minimum Gasteiger partial charge on any atom is -0.495 e. The van der Waals surface area contributed by atoms with Crippen molar-refractivity contribution in [3.63, 3.8) is 0 Å². The zero-order valence-electron chi connectivity index (χ0n) is 16.0. The van der Waals surface area contributed by atoms with Gasteiger partial charge in [-0.25, -0.2) is 30.7 Å². The van der Waals surface area contributed by atoms with Crippen molar-refractivity contribution in [1.29, 1.82) is 0 Å². The van der Waals surface area contributed by atoms with Gasteiger partial charge in [-0.2, -0.15) is 0 Å². The first-order chi connectivity index (χ1) is 14.1. The molecular weight excluding hydrogens is 428 g/mol. The topological polar surface area (TPSA) is 9.23 Å². The van der Waals surface area contributed by atoms with Crippen LogP contribution in [0.4, 0.5) is 30.7 Å². The van der Waals surface area contributed by atoms with Crippen molar-refractivity contribution in [1.82, 2.24) is 0 Å². The Labute approximate surface area is 172 Å². The van der Waals surface area contributed by atoms with Crippen molar-refractivity contribution >= 4 is 27.4 Å². The van der Waals surface area contributed by atoms with Gasteiger partial charge in [-0.15, -0.1) is 0 Å². The predicted octanol–water partition coefficient (Wildman–Crippen LogP) is 3.80. The van der Waals surface area contributed by atoms with Crippen molar-refractivity contribution in [3.05, 3.63) is 82.2 Å². The molecule has 3 rings (SSSR count). The highest BCUT2D eigenvalue weighted by Crippen LogP contribution is 2.21. The third-order valence-electron chi connectivity index (χ3n) is 4.83. The average molecular weight is 442 g/mol. The molecule has 0 unspecified atom stereocenters. The van der Waals surface area contributed by atoms with Crippen LogP contribution in [0.2, 0.25) is 0 Å². The van der Waals surface area contributed by atoms with Gasteiger partial charge in [0.2, 0.25) is 0 Å². The van der Waals surface area contributed by atoms with Gasteiger partial charge in [-0.3, -0.25) is 0 Å². The minimum absolute atomic E-state index is 0.0422. The minimum atomic E-state index is -3.70. The molecule has 0 aliphatic heterocycles. The van der Waals surface area contributed by atoms with Crippen LogP contribution >= 0.6 is 0 Å². The largest absolute Gasteiger partial charge is 0.495 e. The van der Waals surface area contributed by atoms with Gasteiger partial charge in [0.1, 0.15) is 29.0 Å². The van der Waals surface area contributed by atoms with Gasteiger partial charge in [0.05, 0.1) is 7.11 Å². The van der Waals surface area contributed by atoms with Gasteiger partial charge in [-0.1, -0.05) is 21.0 Å². The van der Waals surface area contributed by atoms with Gasteiger partial charge in [0, 0.05) is 18.2 Å². The number of benzene rings is 3. The van der Waals surface area contributed by atoms with Gasteiger partial charge < -0.3 is 4.74 Å². The number of methoxy groups -OCH3 is 1. The third kappa shape index (κ3) is 3.80. The molecule has 0 aliphatic rings. The monoisotopic (exact) mass is 442 g/mol. The summed E-state index contributed by atoms with van der Waals surface area (Å²) < 4.78 is 104. The Morgan fingerprint density at radius 3 is 1.47 bits per heavy atom. The molecule has 0 fully saturated rings. The predicted molar refractivity (Wildman–Crippen MR) is 99.7 cm³/mol. The van der Waals surface area contributed by atoms with E-state index in [0.717, 1.165) is 19.2 Å². The van der Waals surface area contributed by atoms with Crippen LogP contribution in [0, 0.1) is 54.6 Å². The molecule has 0 saturated carbocycles. The van der Waals surface area contributed by atoms with Crippen LogP contribution in [0.1, 0.15) is 11.1 Å². The van der Waals surface area contributed by atoms with Crippen LogP contribution in [0.3, 0.4) is 0 Å². The molecule has 1 nitrogen and oxygen atoms in total. The van der Waals surface area contributed by atoms with E-state index in [0.29, 0.717) is 12.1 Å². The summed E-state index contributed by atoms with van der Waals surface area (Å²) in [6, 6.07) is 3.36. The molecule has 9 heteroatoms. The normalized spacial score (nSPS) is 11.0. The van der Waals surface area contributed by atoms with E-state index in [2.05, 4.69) is 0 Å². The van der Waals surface area contributed by atoms with E-state index in [1.165, 1.54) is 13.8 Å². The van der Waals surface area contributed by atoms with E-state index < -0.39 is 65.0 Å². The third-order valence-corrected chi connectivity index (χ3v) is 8.05. The summed E-state index contributed by atoms with van der Waals surface area (Å²) in [5, 5.41) is 0. The lowest BCUT2D eigenvalue weighted by atomic mass is 10.2. The Hall–Kier alpha value is -2.50. The lowest BCUT2D eigenvalue weighted by Crippen LogP contribution is -2.56. The molecule has 3 aromatic rings. The molecule has 0 heterocycles. The second-order valence-corrected chi connectivity index (χ2v) is 9.47. The first-order valence-corrected chi connectivity index (χ1v) is 10.4. The summed E-state index contributed by atoms with van der Waals surface area (Å²) in [4.78, 5) is 0. The van der Waals surface area contributed by atoms with Gasteiger partial charge >= 0.3 is 14.1 Å². The highest BCUT2D eigenvalue weighted by Gasteiger charge is 2.39. The maximum absolute atomic E-state index is 14.9. The van der Waals surface area contributed by atoms with Crippen molar-refractivity contribution in [3.8, 4) is 5.75 Å². The Morgan fingerprint density at radius 2 is 1.03 bits per heavy atom. The highest BCUT2D eigenvalue weighted by molar-refractivity contribution is 6.96. The molecule has 30 heavy (non-hydrogen) atoms. The molecule has 3 aromatic carbocycles. The van der Waals surface area contributed by atoms with E-state index >= 15 is 0 Å². The zero-order valence-corrected chi connectivity index (χ0v) is 17.2. The molecule has 0 radical (unpaired) electrons. The molecule has 0 aliphatic carbocycles. The maximum Gasteiger partial charge on any atom is 0.404 e. The summed E-state index contributed by atoms with van der Waals surface area (Å²) >= 11 is -3.70. The Morgan fingerprint density at radius 1 is 0.600 bits per heavy atom. The Bertz CT molecular complexity index is 1090. The first kappa shape index (κ1) is 22.2. The first-order valence-electron chi connectivity index (χ1n) is 8.69. The van der Waals surface area contributed by atoms with Gasteiger partial charge in [-0.05, 0) is 29.4 Å². The van der Waals surface area contributed by atoms with E-state index in [1.807, 2.05) is 0 Å². The number of hydrogen-bond donors (Lipinski definition) is 0. The number of aryl methyl sites for hydroxylation is 2. The van der Waals surface area contributed by atoms with Crippen LogP contribution in [-0.4, -0.2) is 21.3 Å². The molecule has 0 bridgehead atoms. The van der Waals surface area contributed by atoms with Crippen LogP contribution in [0.25, 0.3) is 0 Å². The number of rotatable bonds is 4. The molecule has 156 valence electrons. The molecule has 0 amide bonds. The second-order valence-electron chi connectivity index (χ2n) is 6.78. The number of ether oxygens (including phenoxy) is 1. The molecular formula is C21H14AlF7O. The Balaban J connectivity index is 2.48. The van der Waals surface area contributed by atoms with E-state index in [9.17, 15) is 30.7 Å². The Kier molecular flexibility index (Phi) is 6.16. The highest BCUT2D eigenvalue weighted by atomic mass is 27.2. The molecule has 0 spiro atoms. The summed E-state index contributed by atoms with van der Waals surface area (Å²) in [6.45, 7) is 2.60. The quantitative estimate of drug-likeness (QED) is 0.340. The lowest BCUT2D eigenvalue weighted by Gasteiger charge is -2.20. The molecule has 0 N–H and O–H groups in total. The summed E-state index contributed by atoms with van der Waals surface area (Å²) in [6.07, 6.45) is 0. The maximum atomic E-state index is 14.9. The van der Waals surface area contributed by atoms with Crippen molar-refractivity contribution < 1.29 is 35.5 Å².